The molecule has 0 heterocycles. The van der Waals surface area contributed by atoms with E-state index in [1.807, 2.05) is 24.3 Å². The van der Waals surface area contributed by atoms with E-state index in [0.717, 1.165) is 60.8 Å². The number of unbranched alkanes of at least 4 members (excludes halogenated alkanes) is 24. The molecule has 0 saturated heterocycles. The largest absolute Gasteiger partial charge is 0.462 e. The van der Waals surface area contributed by atoms with E-state index in [1.54, 1.807) is 0 Å². The molecule has 0 aromatic heterocycles. The van der Waals surface area contributed by atoms with Gasteiger partial charge in [0.2, 0.25) is 0 Å². The Labute approximate surface area is 468 Å². The summed E-state index contributed by atoms with van der Waals surface area (Å²) < 4.78 is 34.2. The summed E-state index contributed by atoms with van der Waals surface area (Å²) in [7, 11) is 0. The zero-order valence-corrected chi connectivity index (χ0v) is 48.5. The third-order valence-corrected chi connectivity index (χ3v) is 15.3. The molecule has 0 aliphatic heterocycles. The van der Waals surface area contributed by atoms with Gasteiger partial charge in [-0.25, -0.2) is 4.79 Å². The molecule has 77 heavy (non-hydrogen) atoms. The molecule has 1 amide bonds. The Morgan fingerprint density at radius 1 is 0.545 bits per heavy atom. The average molecular weight is 1090 g/mol. The summed E-state index contributed by atoms with van der Waals surface area (Å²) in [5.74, 6) is -0.476. The first kappa shape index (κ1) is 67.1. The van der Waals surface area contributed by atoms with E-state index in [1.165, 1.54) is 140 Å². The number of hydrogen-bond acceptors (Lipinski definition) is 12. The number of esters is 2. The number of azide groups is 1. The lowest BCUT2D eigenvalue weighted by Crippen LogP contribution is -2.43. The Kier molecular flexibility index (Phi) is 40.8. The zero-order valence-electron chi connectivity index (χ0n) is 47.7. The maximum Gasteiger partial charge on any atom is 0.407 e. The summed E-state index contributed by atoms with van der Waals surface area (Å²) in [5.41, 5.74) is 12.8. The second-order valence-electron chi connectivity index (χ2n) is 20.7. The SMILES string of the molecule is CCCCCCCCCCCCCCCC(=O)OCC(CSCC(NC(=O)OCC1c2ccccc2-c2ccccc21)C(=O)CCCOCCOCCOCCN=[N+]=[N-])OC(=O)CCCCCCCCCCCCCCC. The fourth-order valence-electron chi connectivity index (χ4n) is 9.72. The average Bonchev–Trinajstić information content (AvgIpc) is 3.78. The van der Waals surface area contributed by atoms with E-state index in [0.29, 0.717) is 58.9 Å². The highest BCUT2D eigenvalue weighted by Gasteiger charge is 2.30. The van der Waals surface area contributed by atoms with Crippen LogP contribution in [0.15, 0.2) is 53.6 Å². The molecule has 0 fully saturated rings. The van der Waals surface area contributed by atoms with E-state index in [4.69, 9.17) is 34.0 Å². The zero-order chi connectivity index (χ0) is 55.1. The standard InChI is InChI=1S/C62H100N4O10S/c1-3-5-7-9-11-13-15-17-19-21-23-25-27-39-60(68)74-48-52(76-61(69)40-28-26-24-22-20-18-16-14-12-10-8-6-4-2)50-77-51-58(59(67)38-33-42-71-44-46-73-47-45-72-43-41-64-66-63)65-62(70)75-49-57-55-36-31-29-34-53(55)54-35-30-32-37-56(54)57/h29-32,34-37,52,57-58H,3-28,33,38-51H2,1-2H3,(H,65,70). The van der Waals surface area contributed by atoms with Crippen molar-refractivity contribution in [2.75, 3.05) is 70.9 Å². The van der Waals surface area contributed by atoms with Gasteiger partial charge in [0.1, 0.15) is 19.3 Å². The Balaban J connectivity index is 1.52. The molecule has 15 heteroatoms. The number of fused-ring (bicyclic) bond motifs is 3. The van der Waals surface area contributed by atoms with Gasteiger partial charge in [0, 0.05) is 54.7 Å². The van der Waals surface area contributed by atoms with Crippen LogP contribution in [0.2, 0.25) is 0 Å². The number of amides is 1. The molecule has 14 nitrogen and oxygen atoms in total. The van der Waals surface area contributed by atoms with Crippen molar-refractivity contribution in [1.82, 2.24) is 5.32 Å². The highest BCUT2D eigenvalue weighted by Crippen LogP contribution is 2.44. The maximum absolute atomic E-state index is 13.8. The fraction of sp³-hybridized carbons (Fsp3) is 0.742. The number of alkyl carbamates (subject to hydrolysis) is 1. The van der Waals surface area contributed by atoms with Gasteiger partial charge in [0.15, 0.2) is 5.78 Å². The van der Waals surface area contributed by atoms with Gasteiger partial charge in [0.25, 0.3) is 0 Å². The van der Waals surface area contributed by atoms with Gasteiger partial charge in [0.05, 0.1) is 39.1 Å². The normalized spacial score (nSPS) is 12.6. The van der Waals surface area contributed by atoms with Crippen molar-refractivity contribution in [3.05, 3.63) is 70.1 Å². The van der Waals surface area contributed by atoms with E-state index in [2.05, 4.69) is 53.5 Å². The molecule has 2 aromatic rings. The Morgan fingerprint density at radius 2 is 1.00 bits per heavy atom. The maximum atomic E-state index is 13.8. The van der Waals surface area contributed by atoms with Gasteiger partial charge in [-0.2, -0.15) is 11.8 Å². The monoisotopic (exact) mass is 1090 g/mol. The van der Waals surface area contributed by atoms with Crippen molar-refractivity contribution >= 4 is 35.6 Å². The van der Waals surface area contributed by atoms with Crippen LogP contribution in [0, 0.1) is 0 Å². The summed E-state index contributed by atoms with van der Waals surface area (Å²) >= 11 is 1.37. The number of thioether (sulfide) groups is 1. The molecule has 0 spiro atoms. The van der Waals surface area contributed by atoms with Crippen LogP contribution >= 0.6 is 11.8 Å². The number of benzene rings is 2. The van der Waals surface area contributed by atoms with E-state index in [9.17, 15) is 19.2 Å². The minimum Gasteiger partial charge on any atom is -0.462 e. The van der Waals surface area contributed by atoms with E-state index >= 15 is 0 Å². The number of Topliss-reactive ketones (excluding diaryl/α,β-unsaturated/α-hetero) is 1. The molecule has 0 radical (unpaired) electrons. The minimum atomic E-state index is -0.891. The van der Waals surface area contributed by atoms with Gasteiger partial charge in [-0.15, -0.1) is 0 Å². The summed E-state index contributed by atoms with van der Waals surface area (Å²) in [6.07, 6.45) is 31.4. The fourth-order valence-corrected chi connectivity index (χ4v) is 10.8. The summed E-state index contributed by atoms with van der Waals surface area (Å²) in [6, 6.07) is 15.4. The van der Waals surface area contributed by atoms with Gasteiger partial charge >= 0.3 is 18.0 Å². The molecule has 434 valence electrons. The van der Waals surface area contributed by atoms with Crippen LogP contribution < -0.4 is 5.32 Å². The number of carbonyl (C=O) groups excluding carboxylic acids is 4. The molecule has 0 bridgehead atoms. The molecule has 0 saturated carbocycles. The van der Waals surface area contributed by atoms with Crippen LogP contribution in [-0.4, -0.2) is 107 Å². The summed E-state index contributed by atoms with van der Waals surface area (Å²) in [4.78, 5) is 56.3. The Hall–Kier alpha value is -4.14. The topological polar surface area (TPSA) is 184 Å². The van der Waals surface area contributed by atoms with Crippen LogP contribution in [0.3, 0.4) is 0 Å². The first-order valence-corrected chi connectivity index (χ1v) is 31.3. The molecule has 1 aliphatic carbocycles. The highest BCUT2D eigenvalue weighted by atomic mass is 32.2. The molecular formula is C62H100N4O10S. The lowest BCUT2D eigenvalue weighted by molar-refractivity contribution is -0.157. The molecule has 3 rings (SSSR count). The predicted molar refractivity (Wildman–Crippen MR) is 311 cm³/mol. The van der Waals surface area contributed by atoms with E-state index < -0.39 is 18.2 Å². The van der Waals surface area contributed by atoms with E-state index in [-0.39, 0.29) is 61.3 Å². The number of nitrogens with zero attached hydrogens (tertiary/aromatic N) is 3. The summed E-state index contributed by atoms with van der Waals surface area (Å²) in [6.45, 7) is 6.91. The second kappa shape index (κ2) is 46.7. The number of ether oxygens (including phenoxy) is 6. The van der Waals surface area contributed by atoms with Crippen LogP contribution in [0.4, 0.5) is 4.79 Å². The van der Waals surface area contributed by atoms with Gasteiger partial charge in [-0.3, -0.25) is 14.4 Å². The quantitative estimate of drug-likeness (QED) is 0.0166. The van der Waals surface area contributed by atoms with Crippen molar-refractivity contribution in [3.63, 3.8) is 0 Å². The van der Waals surface area contributed by atoms with Gasteiger partial charge < -0.3 is 33.7 Å². The first-order chi connectivity index (χ1) is 37.9. The first-order valence-electron chi connectivity index (χ1n) is 30.2. The number of ketones is 1. The number of rotatable bonds is 52. The van der Waals surface area contributed by atoms with Crippen molar-refractivity contribution in [2.45, 2.75) is 225 Å². The number of hydrogen-bond donors (Lipinski definition) is 1. The lowest BCUT2D eigenvalue weighted by atomic mass is 9.98. The second-order valence-corrected chi connectivity index (χ2v) is 21.8. The molecule has 1 aliphatic rings. The third-order valence-electron chi connectivity index (χ3n) is 14.2. The van der Waals surface area contributed by atoms with Gasteiger partial charge in [-0.1, -0.05) is 222 Å². The predicted octanol–water partition coefficient (Wildman–Crippen LogP) is 15.8. The van der Waals surface area contributed by atoms with Crippen LogP contribution in [0.5, 0.6) is 0 Å². The smallest absolute Gasteiger partial charge is 0.407 e. The van der Waals surface area contributed by atoms with Crippen molar-refractivity contribution < 1.29 is 47.6 Å². The molecule has 1 N–H and O–H groups in total. The number of nitrogens with one attached hydrogen (secondary N) is 1. The highest BCUT2D eigenvalue weighted by molar-refractivity contribution is 7.99. The molecular weight excluding hydrogens is 993 g/mol. The minimum absolute atomic E-state index is 0.0709. The van der Waals surface area contributed by atoms with Crippen LogP contribution in [0.25, 0.3) is 21.6 Å². The number of carbonyl (C=O) groups is 4. The van der Waals surface area contributed by atoms with Crippen molar-refractivity contribution in [3.8, 4) is 11.1 Å². The van der Waals surface area contributed by atoms with Gasteiger partial charge in [-0.05, 0) is 47.0 Å². The Morgan fingerprint density at radius 3 is 1.51 bits per heavy atom. The third kappa shape index (κ3) is 33.1. The lowest BCUT2D eigenvalue weighted by Gasteiger charge is -2.21. The van der Waals surface area contributed by atoms with Crippen molar-refractivity contribution in [2.24, 2.45) is 5.11 Å². The van der Waals surface area contributed by atoms with Crippen LogP contribution in [0.1, 0.15) is 224 Å². The van der Waals surface area contributed by atoms with Crippen LogP contribution in [-0.2, 0) is 42.8 Å². The Bertz CT molecular complexity index is 1850. The molecule has 2 unspecified atom stereocenters. The molecule has 2 atom stereocenters. The molecule has 2 aromatic carbocycles. The summed E-state index contributed by atoms with van der Waals surface area (Å²) in [5, 5.41) is 6.28. The van der Waals surface area contributed by atoms with Crippen molar-refractivity contribution in [1.29, 1.82) is 0 Å².